The Kier molecular flexibility index (Phi) is 9.82. The molecule has 0 aliphatic carbocycles. The van der Waals surface area contributed by atoms with E-state index in [1.807, 2.05) is 0 Å². The summed E-state index contributed by atoms with van der Waals surface area (Å²) in [6, 6.07) is 22.3. The maximum absolute atomic E-state index is 13.6. The average Bonchev–Trinajstić information content (AvgIpc) is 2.85. The molecule has 0 radical (unpaired) electrons. The lowest BCUT2D eigenvalue weighted by molar-refractivity contribution is -0.126. The van der Waals surface area contributed by atoms with Gasteiger partial charge in [-0.3, -0.25) is 23.1 Å². The fraction of sp³-hybridized carbons (Fsp3) is 0.208. The molecular formula is C24H26NO10PS2. The van der Waals surface area contributed by atoms with Crippen LogP contribution in [0.2, 0.25) is 0 Å². The SMILES string of the molecule is CS(=O)(=O)Oc1ccc([C@H](OS(C)(=O)=O)C(=O)NP(=O)(OCc2ccccc2)OCc2ccccc2)cc1. The van der Waals surface area contributed by atoms with Gasteiger partial charge in [-0.25, -0.2) is 4.57 Å². The molecule has 0 spiro atoms. The minimum absolute atomic E-state index is 0.00597. The van der Waals surface area contributed by atoms with Crippen LogP contribution in [-0.4, -0.2) is 35.3 Å². The van der Waals surface area contributed by atoms with Crippen molar-refractivity contribution in [3.05, 3.63) is 102 Å². The Morgan fingerprint density at radius 3 is 1.66 bits per heavy atom. The van der Waals surface area contributed by atoms with Gasteiger partial charge in [0.05, 0.1) is 25.7 Å². The summed E-state index contributed by atoms with van der Waals surface area (Å²) in [6.07, 6.45) is -0.204. The third-order valence-corrected chi connectivity index (χ3v) is 7.14. The first-order valence-electron chi connectivity index (χ1n) is 11.0. The van der Waals surface area contributed by atoms with Crippen molar-refractivity contribution in [1.82, 2.24) is 5.09 Å². The van der Waals surface area contributed by atoms with Crippen molar-refractivity contribution in [2.75, 3.05) is 12.5 Å². The van der Waals surface area contributed by atoms with Crippen LogP contribution >= 0.6 is 7.75 Å². The predicted octanol–water partition coefficient (Wildman–Crippen LogP) is 3.70. The number of hydrogen-bond acceptors (Lipinski definition) is 10. The molecule has 204 valence electrons. The number of benzene rings is 3. The quantitative estimate of drug-likeness (QED) is 0.233. The van der Waals surface area contributed by atoms with Crippen molar-refractivity contribution >= 4 is 33.9 Å². The summed E-state index contributed by atoms with van der Waals surface area (Å²) >= 11 is 0. The standard InChI is InChI=1S/C24H26NO10PS2/c1-37(28,29)34-22-15-13-21(14-16-22)23(35-38(2,30)31)24(26)25-36(27,32-17-19-9-5-3-6-10-19)33-18-20-11-7-4-8-12-20/h3-16,23H,17-18H2,1-2H3,(H,25,26,27)/t23-/m0/s1. The fourth-order valence-electron chi connectivity index (χ4n) is 3.06. The van der Waals surface area contributed by atoms with Crippen molar-refractivity contribution in [2.24, 2.45) is 0 Å². The van der Waals surface area contributed by atoms with E-state index in [0.717, 1.165) is 12.5 Å². The van der Waals surface area contributed by atoms with Gasteiger partial charge in [0.2, 0.25) is 0 Å². The molecule has 1 N–H and O–H groups in total. The molecule has 0 unspecified atom stereocenters. The second-order valence-corrected chi connectivity index (χ2v) is 12.9. The van der Waals surface area contributed by atoms with E-state index in [4.69, 9.17) is 17.4 Å². The van der Waals surface area contributed by atoms with Gasteiger partial charge in [0.1, 0.15) is 5.75 Å². The molecule has 14 heteroatoms. The molecule has 0 heterocycles. The van der Waals surface area contributed by atoms with Crippen LogP contribution in [0.5, 0.6) is 5.75 Å². The smallest absolute Gasteiger partial charge is 0.383 e. The van der Waals surface area contributed by atoms with Crippen molar-refractivity contribution in [2.45, 2.75) is 19.3 Å². The normalized spacial score (nSPS) is 13.0. The molecule has 0 aromatic heterocycles. The highest BCUT2D eigenvalue weighted by Gasteiger charge is 2.34. The molecule has 0 aliphatic heterocycles. The van der Waals surface area contributed by atoms with Gasteiger partial charge >= 0.3 is 17.9 Å². The van der Waals surface area contributed by atoms with Crippen LogP contribution in [0.3, 0.4) is 0 Å². The van der Waals surface area contributed by atoms with E-state index in [9.17, 15) is 26.2 Å². The number of amides is 1. The van der Waals surface area contributed by atoms with Crippen LogP contribution in [0.15, 0.2) is 84.9 Å². The average molecular weight is 584 g/mol. The second kappa shape index (κ2) is 12.7. The van der Waals surface area contributed by atoms with Gasteiger partial charge in [-0.15, -0.1) is 0 Å². The third-order valence-electron chi connectivity index (χ3n) is 4.67. The lowest BCUT2D eigenvalue weighted by Crippen LogP contribution is -2.31. The third kappa shape index (κ3) is 10.0. The molecule has 0 saturated carbocycles. The summed E-state index contributed by atoms with van der Waals surface area (Å²) in [5.74, 6) is -1.20. The second-order valence-electron chi connectivity index (χ2n) is 8.03. The van der Waals surface area contributed by atoms with E-state index in [2.05, 4.69) is 5.09 Å². The zero-order valence-electron chi connectivity index (χ0n) is 20.4. The maximum atomic E-state index is 13.6. The van der Waals surface area contributed by atoms with E-state index in [-0.39, 0.29) is 24.5 Å². The minimum Gasteiger partial charge on any atom is -0.383 e. The Hall–Kier alpha value is -3.06. The van der Waals surface area contributed by atoms with Crippen LogP contribution in [0.4, 0.5) is 0 Å². The summed E-state index contributed by atoms with van der Waals surface area (Å²) in [7, 11) is -12.4. The van der Waals surface area contributed by atoms with Gasteiger partial charge in [-0.05, 0) is 28.8 Å². The predicted molar refractivity (Wildman–Crippen MR) is 139 cm³/mol. The molecule has 3 aromatic rings. The van der Waals surface area contributed by atoms with E-state index in [1.165, 1.54) is 24.3 Å². The van der Waals surface area contributed by atoms with E-state index in [1.54, 1.807) is 60.7 Å². The highest BCUT2D eigenvalue weighted by Crippen LogP contribution is 2.46. The Morgan fingerprint density at radius 1 is 0.763 bits per heavy atom. The lowest BCUT2D eigenvalue weighted by atomic mass is 10.1. The largest absolute Gasteiger partial charge is 0.435 e. The number of nitrogens with one attached hydrogen (secondary N) is 1. The van der Waals surface area contributed by atoms with E-state index < -0.39 is 40.0 Å². The van der Waals surface area contributed by atoms with E-state index >= 15 is 0 Å². The van der Waals surface area contributed by atoms with E-state index in [0.29, 0.717) is 11.1 Å². The highest BCUT2D eigenvalue weighted by atomic mass is 32.2. The monoisotopic (exact) mass is 583 g/mol. The molecular weight excluding hydrogens is 557 g/mol. The first kappa shape index (κ1) is 29.5. The molecule has 0 bridgehead atoms. The Morgan fingerprint density at radius 2 is 1.24 bits per heavy atom. The summed E-state index contributed by atoms with van der Waals surface area (Å²) in [6.45, 7) is -0.357. The molecule has 11 nitrogen and oxygen atoms in total. The van der Waals surface area contributed by atoms with Gasteiger partial charge in [0.25, 0.3) is 16.0 Å². The minimum atomic E-state index is -4.36. The molecule has 1 amide bonds. The maximum Gasteiger partial charge on any atom is 0.435 e. The highest BCUT2D eigenvalue weighted by molar-refractivity contribution is 7.86. The van der Waals surface area contributed by atoms with Gasteiger partial charge < -0.3 is 4.18 Å². The number of carbonyl (C=O) groups is 1. The zero-order chi connectivity index (χ0) is 27.8. The summed E-state index contributed by atoms with van der Waals surface area (Å²) in [5, 5.41) is 2.16. The van der Waals surface area contributed by atoms with Crippen LogP contribution in [-0.2, 0) is 56.0 Å². The van der Waals surface area contributed by atoms with Crippen LogP contribution in [0.25, 0.3) is 0 Å². The van der Waals surface area contributed by atoms with Gasteiger partial charge in [0, 0.05) is 0 Å². The Labute approximate surface area is 221 Å². The summed E-state index contributed by atoms with van der Waals surface area (Å²) in [5.41, 5.74) is 1.30. The molecule has 0 saturated heterocycles. The van der Waals surface area contributed by atoms with Crippen molar-refractivity contribution in [1.29, 1.82) is 0 Å². The van der Waals surface area contributed by atoms with Gasteiger partial charge in [-0.1, -0.05) is 72.8 Å². The van der Waals surface area contributed by atoms with Crippen molar-refractivity contribution < 1.29 is 43.6 Å². The van der Waals surface area contributed by atoms with Crippen LogP contribution in [0, 0.1) is 0 Å². The van der Waals surface area contributed by atoms with Crippen molar-refractivity contribution in [3.63, 3.8) is 0 Å². The first-order chi connectivity index (χ1) is 17.8. The molecule has 38 heavy (non-hydrogen) atoms. The number of rotatable bonds is 13. The summed E-state index contributed by atoms with van der Waals surface area (Å²) in [4.78, 5) is 13.2. The Balaban J connectivity index is 1.86. The molecule has 0 aliphatic rings. The Bertz CT molecular complexity index is 1430. The zero-order valence-corrected chi connectivity index (χ0v) is 22.9. The number of hydrogen-bond donors (Lipinski definition) is 1. The molecule has 1 atom stereocenters. The molecule has 3 rings (SSSR count). The molecule has 0 fully saturated rings. The van der Waals surface area contributed by atoms with Crippen LogP contribution < -0.4 is 9.27 Å². The van der Waals surface area contributed by atoms with Gasteiger partial charge in [0.15, 0.2) is 6.10 Å². The van der Waals surface area contributed by atoms with Crippen LogP contribution in [0.1, 0.15) is 22.8 Å². The topological polar surface area (TPSA) is 151 Å². The fourth-order valence-corrected chi connectivity index (χ4v) is 5.30. The summed E-state index contributed by atoms with van der Waals surface area (Å²) < 4.78 is 80.9. The molecule has 3 aromatic carbocycles. The van der Waals surface area contributed by atoms with Crippen molar-refractivity contribution in [3.8, 4) is 5.75 Å². The van der Waals surface area contributed by atoms with Gasteiger partial charge in [-0.2, -0.15) is 16.8 Å². The number of carbonyl (C=O) groups excluding carboxylic acids is 1. The lowest BCUT2D eigenvalue weighted by Gasteiger charge is -2.22. The first-order valence-corrected chi connectivity index (χ1v) is 16.2.